The van der Waals surface area contributed by atoms with Crippen LogP contribution >= 0.6 is 7.94 Å². The second-order valence-corrected chi connectivity index (χ2v) is 7.16. The summed E-state index contributed by atoms with van der Waals surface area (Å²) in [7, 11) is -3.53. The van der Waals surface area contributed by atoms with Crippen LogP contribution in [0.25, 0.3) is 0 Å². The Morgan fingerprint density at radius 2 is 1.79 bits per heavy atom. The molecule has 0 aromatic carbocycles. The van der Waals surface area contributed by atoms with Crippen LogP contribution in [0.2, 0.25) is 0 Å². The van der Waals surface area contributed by atoms with Crippen molar-refractivity contribution < 1.29 is 26.5 Å². The molecule has 0 aromatic rings. The molecule has 1 N–H and O–H groups in total. The van der Waals surface area contributed by atoms with Crippen LogP contribution in [-0.2, 0) is 23.7 Å². The van der Waals surface area contributed by atoms with Gasteiger partial charge in [-0.25, -0.2) is 0 Å². The van der Waals surface area contributed by atoms with Crippen LogP contribution in [0.4, 0.5) is 0 Å². The summed E-state index contributed by atoms with van der Waals surface area (Å²) in [6.07, 6.45) is 0.216. The minimum atomic E-state index is -3.90. The van der Waals surface area contributed by atoms with E-state index in [4.69, 9.17) is 18.1 Å². The van der Waals surface area contributed by atoms with Gasteiger partial charge in [-0.15, -0.1) is 0 Å². The number of hydrogen-bond donors (Lipinski definition) is 1. The summed E-state index contributed by atoms with van der Waals surface area (Å²) in [5.41, 5.74) is 0. The third-order valence-electron chi connectivity index (χ3n) is 1.65. The van der Waals surface area contributed by atoms with Crippen molar-refractivity contribution in [2.75, 3.05) is 33.2 Å². The van der Waals surface area contributed by atoms with E-state index in [1.54, 1.807) is 6.66 Å². The molecular weight excluding hydrogens is 231 g/mol. The summed E-state index contributed by atoms with van der Waals surface area (Å²) in [5.74, 6) is -0.315. The van der Waals surface area contributed by atoms with Crippen molar-refractivity contribution in [2.24, 2.45) is 0 Å². The molecule has 0 saturated carbocycles. The van der Waals surface area contributed by atoms with E-state index in [0.29, 0.717) is 0 Å². The maximum absolute atomic E-state index is 10.3. The van der Waals surface area contributed by atoms with Crippen molar-refractivity contribution in [3.8, 4) is 0 Å². The summed E-state index contributed by atoms with van der Waals surface area (Å²) >= 11 is 0. The van der Waals surface area contributed by atoms with Gasteiger partial charge in [0.1, 0.15) is 0 Å². The molecule has 88 valence electrons. The van der Waals surface area contributed by atoms with Gasteiger partial charge in [0.05, 0.1) is 0 Å². The third-order valence-corrected chi connectivity index (χ3v) is 4.67. The zero-order chi connectivity index (χ0) is 11.2. The molecule has 0 rings (SSSR count). The topological polar surface area (TPSA) is 82.1 Å². The van der Waals surface area contributed by atoms with E-state index in [9.17, 15) is 8.42 Å². The molecule has 0 radical (unpaired) electrons. The third kappa shape index (κ3) is 6.64. The van der Waals surface area contributed by atoms with Crippen LogP contribution < -0.4 is 0 Å². The van der Waals surface area contributed by atoms with Crippen LogP contribution in [0.15, 0.2) is 0 Å². The Bertz CT molecular complexity index is 247. The standard InChI is InChI=1S/C6H17O6PS/c1-10-13(3,11-2)12-5-4-6-14(7,8)9/h13H,4-6H2,1-3H3,(H,7,8,9). The predicted molar refractivity (Wildman–Crippen MR) is 55.2 cm³/mol. The van der Waals surface area contributed by atoms with Gasteiger partial charge in [0.2, 0.25) is 0 Å². The van der Waals surface area contributed by atoms with E-state index in [1.807, 2.05) is 0 Å². The van der Waals surface area contributed by atoms with Gasteiger partial charge in [-0.3, -0.25) is 0 Å². The van der Waals surface area contributed by atoms with Crippen molar-refractivity contribution in [3.05, 3.63) is 0 Å². The Hall–Kier alpha value is 0.220. The van der Waals surface area contributed by atoms with Gasteiger partial charge in [-0.05, 0) is 0 Å². The molecule has 0 atom stereocenters. The van der Waals surface area contributed by atoms with Crippen LogP contribution in [0.1, 0.15) is 6.42 Å². The van der Waals surface area contributed by atoms with Gasteiger partial charge >= 0.3 is 84.3 Å². The summed E-state index contributed by atoms with van der Waals surface area (Å²) in [4.78, 5) is 0. The molecule has 0 bridgehead atoms. The van der Waals surface area contributed by atoms with E-state index in [1.165, 1.54) is 14.2 Å². The molecule has 0 amide bonds. The van der Waals surface area contributed by atoms with Gasteiger partial charge in [0.15, 0.2) is 0 Å². The van der Waals surface area contributed by atoms with Gasteiger partial charge in [0, 0.05) is 0 Å². The van der Waals surface area contributed by atoms with Crippen LogP contribution in [0, 0.1) is 0 Å². The second-order valence-electron chi connectivity index (χ2n) is 2.76. The first-order chi connectivity index (χ1) is 6.33. The molecule has 0 saturated heterocycles. The SMILES string of the molecule is CO[PH](C)(OC)OCCCS(=O)(=O)O. The molecular formula is C6H17O6PS. The molecule has 0 aliphatic rings. The molecule has 8 heteroatoms. The van der Waals surface area contributed by atoms with E-state index in [2.05, 4.69) is 0 Å². The van der Waals surface area contributed by atoms with Crippen molar-refractivity contribution in [1.82, 2.24) is 0 Å². The molecule has 0 aliphatic carbocycles. The molecule has 14 heavy (non-hydrogen) atoms. The fraction of sp³-hybridized carbons (Fsp3) is 1.00. The van der Waals surface area contributed by atoms with E-state index in [0.717, 1.165) is 0 Å². The van der Waals surface area contributed by atoms with Crippen molar-refractivity contribution in [3.63, 3.8) is 0 Å². The van der Waals surface area contributed by atoms with Crippen molar-refractivity contribution in [1.29, 1.82) is 0 Å². The molecule has 6 nitrogen and oxygen atoms in total. The molecule has 0 unspecified atom stereocenters. The summed E-state index contributed by atoms with van der Waals surface area (Å²) in [5, 5.41) is 0. The minimum absolute atomic E-state index is 0.185. The maximum atomic E-state index is 10.3. The molecule has 0 aliphatic heterocycles. The van der Waals surface area contributed by atoms with Gasteiger partial charge in [-0.2, -0.15) is 0 Å². The summed E-state index contributed by atoms with van der Waals surface area (Å²) in [6.45, 7) is 1.88. The van der Waals surface area contributed by atoms with Crippen molar-refractivity contribution >= 4 is 18.1 Å². The fourth-order valence-corrected chi connectivity index (χ4v) is 2.10. The Morgan fingerprint density at radius 3 is 2.14 bits per heavy atom. The second kappa shape index (κ2) is 5.95. The Balaban J connectivity index is 3.74. The first-order valence-corrected chi connectivity index (χ1v) is 7.86. The predicted octanol–water partition coefficient (Wildman–Crippen LogP) is 0.698. The van der Waals surface area contributed by atoms with E-state index >= 15 is 0 Å². The molecule has 0 heterocycles. The number of hydrogen-bond acceptors (Lipinski definition) is 5. The molecule has 0 fully saturated rings. The first-order valence-electron chi connectivity index (χ1n) is 4.02. The van der Waals surface area contributed by atoms with Crippen molar-refractivity contribution in [2.45, 2.75) is 6.42 Å². The summed E-state index contributed by atoms with van der Waals surface area (Å²) < 4.78 is 44.4. The Labute approximate surface area is 84.9 Å². The van der Waals surface area contributed by atoms with Crippen LogP contribution in [0.5, 0.6) is 0 Å². The average Bonchev–Trinajstić information content (AvgIpc) is 2.11. The normalized spacial score (nSPS) is 14.3. The molecule has 0 spiro atoms. The average molecular weight is 248 g/mol. The van der Waals surface area contributed by atoms with Crippen LogP contribution in [-0.4, -0.2) is 46.2 Å². The Morgan fingerprint density at radius 1 is 1.29 bits per heavy atom. The monoisotopic (exact) mass is 248 g/mol. The van der Waals surface area contributed by atoms with E-state index in [-0.39, 0.29) is 18.8 Å². The van der Waals surface area contributed by atoms with E-state index < -0.39 is 18.1 Å². The van der Waals surface area contributed by atoms with Gasteiger partial charge in [-0.1, -0.05) is 0 Å². The van der Waals surface area contributed by atoms with Gasteiger partial charge in [0.25, 0.3) is 0 Å². The fourth-order valence-electron chi connectivity index (χ4n) is 0.700. The zero-order valence-corrected chi connectivity index (χ0v) is 10.3. The van der Waals surface area contributed by atoms with Crippen LogP contribution in [0.3, 0.4) is 0 Å². The first kappa shape index (κ1) is 14.2. The quantitative estimate of drug-likeness (QED) is 0.405. The summed E-state index contributed by atoms with van der Waals surface area (Å²) in [6, 6.07) is 0. The zero-order valence-electron chi connectivity index (χ0n) is 8.52. The molecule has 0 aromatic heterocycles. The Kier molecular flexibility index (Phi) is 6.04. The number of rotatable bonds is 7. The van der Waals surface area contributed by atoms with Gasteiger partial charge < -0.3 is 0 Å².